The van der Waals surface area contributed by atoms with Gasteiger partial charge in [-0.15, -0.1) is 11.3 Å². The van der Waals surface area contributed by atoms with Crippen LogP contribution in [0.1, 0.15) is 38.5 Å². The lowest BCUT2D eigenvalue weighted by atomic mass is 9.94. The third-order valence-electron chi connectivity index (χ3n) is 3.29. The SMILES string of the molecule is CCCC(CCN)CCc1nc(-c2cc(Br)cs2)no1. The molecule has 0 amide bonds. The second kappa shape index (κ2) is 7.90. The first kappa shape index (κ1) is 15.7. The first-order chi connectivity index (χ1) is 9.72. The van der Waals surface area contributed by atoms with Gasteiger partial charge in [-0.2, -0.15) is 4.98 Å². The van der Waals surface area contributed by atoms with Gasteiger partial charge >= 0.3 is 0 Å². The number of hydrogen-bond donors (Lipinski definition) is 1. The Labute approximate surface area is 131 Å². The van der Waals surface area contributed by atoms with Crippen LogP contribution in [-0.2, 0) is 6.42 Å². The molecular formula is C14H20BrN3OS. The number of hydrogen-bond acceptors (Lipinski definition) is 5. The minimum absolute atomic E-state index is 0.663. The monoisotopic (exact) mass is 357 g/mol. The van der Waals surface area contributed by atoms with Crippen LogP contribution in [-0.4, -0.2) is 16.7 Å². The summed E-state index contributed by atoms with van der Waals surface area (Å²) in [5, 5.41) is 6.07. The molecule has 0 aliphatic heterocycles. The molecule has 110 valence electrons. The highest BCUT2D eigenvalue weighted by molar-refractivity contribution is 9.10. The smallest absolute Gasteiger partial charge is 0.226 e. The van der Waals surface area contributed by atoms with Crippen LogP contribution in [0.3, 0.4) is 0 Å². The summed E-state index contributed by atoms with van der Waals surface area (Å²) in [5.74, 6) is 2.07. The van der Waals surface area contributed by atoms with Crippen molar-refractivity contribution < 1.29 is 4.52 Å². The van der Waals surface area contributed by atoms with Crippen molar-refractivity contribution in [2.24, 2.45) is 11.7 Å². The average Bonchev–Trinajstić information content (AvgIpc) is 3.05. The van der Waals surface area contributed by atoms with Crippen molar-refractivity contribution in [3.05, 3.63) is 21.8 Å². The Morgan fingerprint density at radius 3 is 2.90 bits per heavy atom. The second-order valence-corrected chi connectivity index (χ2v) is 6.74. The fourth-order valence-corrected chi connectivity index (χ4v) is 3.64. The van der Waals surface area contributed by atoms with E-state index in [0.717, 1.165) is 41.0 Å². The lowest BCUT2D eigenvalue weighted by Crippen LogP contribution is -2.09. The van der Waals surface area contributed by atoms with Gasteiger partial charge in [0.25, 0.3) is 0 Å². The lowest BCUT2D eigenvalue weighted by Gasteiger charge is -2.13. The van der Waals surface area contributed by atoms with E-state index >= 15 is 0 Å². The summed E-state index contributed by atoms with van der Waals surface area (Å²) >= 11 is 5.04. The van der Waals surface area contributed by atoms with Crippen LogP contribution >= 0.6 is 27.3 Å². The molecule has 1 atom stereocenters. The predicted molar refractivity (Wildman–Crippen MR) is 85.7 cm³/mol. The number of aromatic nitrogens is 2. The number of rotatable bonds is 8. The molecule has 0 spiro atoms. The largest absolute Gasteiger partial charge is 0.339 e. The van der Waals surface area contributed by atoms with Gasteiger partial charge in [0.1, 0.15) is 0 Å². The van der Waals surface area contributed by atoms with E-state index in [4.69, 9.17) is 10.3 Å². The van der Waals surface area contributed by atoms with Crippen LogP contribution in [0.2, 0.25) is 0 Å². The molecule has 0 saturated carbocycles. The molecule has 0 saturated heterocycles. The highest BCUT2D eigenvalue weighted by Gasteiger charge is 2.13. The van der Waals surface area contributed by atoms with E-state index in [0.29, 0.717) is 11.7 Å². The standard InChI is InChI=1S/C14H20BrN3OS/c1-2-3-10(6-7-16)4-5-13-17-14(18-19-13)12-8-11(15)9-20-12/h8-10H,2-7,16H2,1H3. The molecule has 2 heterocycles. The lowest BCUT2D eigenvalue weighted by molar-refractivity contribution is 0.349. The average molecular weight is 358 g/mol. The third-order valence-corrected chi connectivity index (χ3v) is 4.98. The van der Waals surface area contributed by atoms with E-state index in [1.54, 1.807) is 11.3 Å². The fraction of sp³-hybridized carbons (Fsp3) is 0.571. The second-order valence-electron chi connectivity index (χ2n) is 4.91. The third kappa shape index (κ3) is 4.40. The van der Waals surface area contributed by atoms with Crippen LogP contribution in [0.15, 0.2) is 20.4 Å². The summed E-state index contributed by atoms with van der Waals surface area (Å²) in [7, 11) is 0. The molecule has 0 bridgehead atoms. The van der Waals surface area contributed by atoms with Crippen LogP contribution < -0.4 is 5.73 Å². The molecule has 2 N–H and O–H groups in total. The predicted octanol–water partition coefficient (Wildman–Crippen LogP) is 4.26. The van der Waals surface area contributed by atoms with Crippen LogP contribution in [0.25, 0.3) is 10.7 Å². The quantitative estimate of drug-likeness (QED) is 0.766. The van der Waals surface area contributed by atoms with Gasteiger partial charge < -0.3 is 10.3 Å². The highest BCUT2D eigenvalue weighted by Crippen LogP contribution is 2.28. The van der Waals surface area contributed by atoms with Crippen molar-refractivity contribution in [1.29, 1.82) is 0 Å². The molecule has 20 heavy (non-hydrogen) atoms. The molecule has 6 heteroatoms. The van der Waals surface area contributed by atoms with Crippen LogP contribution in [0.4, 0.5) is 0 Å². The molecule has 2 aromatic heterocycles. The van der Waals surface area contributed by atoms with E-state index in [-0.39, 0.29) is 0 Å². The van der Waals surface area contributed by atoms with Gasteiger partial charge in [0.2, 0.25) is 11.7 Å². The van der Waals surface area contributed by atoms with Gasteiger partial charge in [-0.05, 0) is 47.3 Å². The van der Waals surface area contributed by atoms with Crippen molar-refractivity contribution in [3.63, 3.8) is 0 Å². The zero-order chi connectivity index (χ0) is 14.4. The number of thiophene rings is 1. The normalized spacial score (nSPS) is 12.8. The zero-order valence-corrected chi connectivity index (χ0v) is 14.0. The van der Waals surface area contributed by atoms with Crippen LogP contribution in [0.5, 0.6) is 0 Å². The molecule has 0 aliphatic carbocycles. The topological polar surface area (TPSA) is 64.9 Å². The highest BCUT2D eigenvalue weighted by atomic mass is 79.9. The zero-order valence-electron chi connectivity index (χ0n) is 11.6. The van der Waals surface area contributed by atoms with E-state index in [1.807, 2.05) is 11.4 Å². The number of halogens is 1. The molecule has 1 unspecified atom stereocenters. The minimum Gasteiger partial charge on any atom is -0.339 e. The summed E-state index contributed by atoms with van der Waals surface area (Å²) in [6, 6.07) is 2.01. The Bertz CT molecular complexity index is 520. The molecule has 0 aromatic carbocycles. The number of aryl methyl sites for hydroxylation is 1. The van der Waals surface area contributed by atoms with Gasteiger partial charge in [0.05, 0.1) is 4.88 Å². The van der Waals surface area contributed by atoms with Gasteiger partial charge in [-0.1, -0.05) is 24.9 Å². The minimum atomic E-state index is 0.663. The molecular weight excluding hydrogens is 338 g/mol. The maximum Gasteiger partial charge on any atom is 0.226 e. The Hall–Kier alpha value is -0.720. The summed E-state index contributed by atoms with van der Waals surface area (Å²) in [6.45, 7) is 2.96. The summed E-state index contributed by atoms with van der Waals surface area (Å²) in [6.07, 6.45) is 5.40. The van der Waals surface area contributed by atoms with Crippen molar-refractivity contribution in [3.8, 4) is 10.7 Å². The van der Waals surface area contributed by atoms with Gasteiger partial charge in [0.15, 0.2) is 0 Å². The van der Waals surface area contributed by atoms with E-state index in [2.05, 4.69) is 33.0 Å². The summed E-state index contributed by atoms with van der Waals surface area (Å²) in [4.78, 5) is 5.49. The Morgan fingerprint density at radius 2 is 2.25 bits per heavy atom. The number of nitrogens with two attached hydrogens (primary N) is 1. The molecule has 0 aliphatic rings. The Balaban J connectivity index is 1.92. The maximum absolute atomic E-state index is 5.66. The first-order valence-electron chi connectivity index (χ1n) is 7.00. The van der Waals surface area contributed by atoms with Crippen molar-refractivity contribution in [2.75, 3.05) is 6.54 Å². The molecule has 0 fully saturated rings. The molecule has 2 aromatic rings. The molecule has 0 radical (unpaired) electrons. The first-order valence-corrected chi connectivity index (χ1v) is 8.67. The summed E-state index contributed by atoms with van der Waals surface area (Å²) in [5.41, 5.74) is 5.66. The van der Waals surface area contributed by atoms with Crippen molar-refractivity contribution in [2.45, 2.75) is 39.0 Å². The molecule has 4 nitrogen and oxygen atoms in total. The Kier molecular flexibility index (Phi) is 6.19. The van der Waals surface area contributed by atoms with E-state index < -0.39 is 0 Å². The van der Waals surface area contributed by atoms with Gasteiger partial charge in [-0.3, -0.25) is 0 Å². The molecule has 2 rings (SSSR count). The summed E-state index contributed by atoms with van der Waals surface area (Å²) < 4.78 is 6.38. The van der Waals surface area contributed by atoms with Crippen LogP contribution in [0, 0.1) is 5.92 Å². The van der Waals surface area contributed by atoms with E-state index in [9.17, 15) is 0 Å². The van der Waals surface area contributed by atoms with Gasteiger partial charge in [0, 0.05) is 16.3 Å². The fourth-order valence-electron chi connectivity index (χ4n) is 2.29. The Morgan fingerprint density at radius 1 is 1.40 bits per heavy atom. The van der Waals surface area contributed by atoms with Gasteiger partial charge in [-0.25, -0.2) is 0 Å². The van der Waals surface area contributed by atoms with Crippen molar-refractivity contribution in [1.82, 2.24) is 10.1 Å². The maximum atomic E-state index is 5.66. The van der Waals surface area contributed by atoms with E-state index in [1.165, 1.54) is 12.8 Å². The number of nitrogens with zero attached hydrogens (tertiary/aromatic N) is 2. The van der Waals surface area contributed by atoms with Crippen molar-refractivity contribution >= 4 is 27.3 Å².